The molecule has 0 aromatic carbocycles. The van der Waals surface area contributed by atoms with Gasteiger partial charge in [0.25, 0.3) is 0 Å². The Morgan fingerprint density at radius 3 is 1.56 bits per heavy atom. The minimum atomic E-state index is -1.83. The molecule has 0 saturated carbocycles. The zero-order valence-corrected chi connectivity index (χ0v) is 8.78. The minimum Gasteiger partial charge on any atom is -0.481 e. The Balaban J connectivity index is 3.35. The monoisotopic (exact) mass is 227 g/mol. The Bertz CT molecular complexity index is 341. The van der Waals surface area contributed by atoms with Crippen molar-refractivity contribution in [2.24, 2.45) is 0 Å². The molecule has 1 heterocycles. The van der Waals surface area contributed by atoms with Crippen molar-refractivity contribution >= 4 is 25.2 Å². The van der Waals surface area contributed by atoms with E-state index in [0.29, 0.717) is 0 Å². The summed E-state index contributed by atoms with van der Waals surface area (Å²) in [5.41, 5.74) is -0.155. The molecule has 7 nitrogen and oxygen atoms in total. The molecule has 9 heteroatoms. The lowest BCUT2D eigenvalue weighted by Crippen LogP contribution is -2.40. The topological polar surface area (TPSA) is 112 Å². The summed E-state index contributed by atoms with van der Waals surface area (Å²) in [6.07, 6.45) is 0. The molecular weight excluding hydrogens is 216 g/mol. The van der Waals surface area contributed by atoms with Gasteiger partial charge in [-0.1, -0.05) is 6.07 Å². The van der Waals surface area contributed by atoms with Gasteiger partial charge >= 0.3 is 14.2 Å². The Hall–Kier alpha value is -1.28. The van der Waals surface area contributed by atoms with Crippen molar-refractivity contribution in [1.82, 2.24) is 4.98 Å². The van der Waals surface area contributed by atoms with E-state index in [1.807, 2.05) is 0 Å². The predicted octanol–water partition coefficient (Wildman–Crippen LogP) is -3.54. The van der Waals surface area contributed by atoms with Crippen LogP contribution in [-0.2, 0) is 0 Å². The fourth-order valence-electron chi connectivity index (χ4n) is 1.21. The normalized spacial score (nSPS) is 9.88. The Labute approximate surface area is 92.6 Å². The first-order chi connectivity index (χ1) is 7.51. The van der Waals surface area contributed by atoms with Gasteiger partial charge in [0, 0.05) is 10.9 Å². The van der Waals surface area contributed by atoms with E-state index in [-0.39, 0.29) is 22.7 Å². The third-order valence-electron chi connectivity index (χ3n) is 1.95. The molecule has 16 heavy (non-hydrogen) atoms. The highest BCUT2D eigenvalue weighted by atomic mass is 16.5. The third kappa shape index (κ3) is 2.45. The molecule has 0 spiro atoms. The predicted molar refractivity (Wildman–Crippen MR) is 57.0 cm³/mol. The van der Waals surface area contributed by atoms with Crippen molar-refractivity contribution in [3.8, 4) is 11.8 Å². The van der Waals surface area contributed by atoms with Crippen LogP contribution < -0.4 is 20.4 Å². The van der Waals surface area contributed by atoms with Crippen molar-refractivity contribution in [1.29, 1.82) is 0 Å². The maximum atomic E-state index is 9.04. The van der Waals surface area contributed by atoms with Crippen molar-refractivity contribution in [3.63, 3.8) is 0 Å². The van der Waals surface area contributed by atoms with Gasteiger partial charge in [-0.3, -0.25) is 0 Å². The molecular formula is C7H11B2NO6. The molecule has 0 saturated heterocycles. The van der Waals surface area contributed by atoms with Crippen LogP contribution in [0.15, 0.2) is 6.07 Å². The summed E-state index contributed by atoms with van der Waals surface area (Å²) < 4.78 is 9.62. The summed E-state index contributed by atoms with van der Waals surface area (Å²) in [6, 6.07) is 1.14. The van der Waals surface area contributed by atoms with Gasteiger partial charge in [0.1, 0.15) is 0 Å². The van der Waals surface area contributed by atoms with Crippen LogP contribution in [0.2, 0.25) is 0 Å². The van der Waals surface area contributed by atoms with E-state index in [0.717, 1.165) is 6.07 Å². The van der Waals surface area contributed by atoms with Crippen LogP contribution in [0.5, 0.6) is 11.8 Å². The summed E-state index contributed by atoms with van der Waals surface area (Å²) >= 11 is 0. The van der Waals surface area contributed by atoms with E-state index < -0.39 is 14.2 Å². The highest BCUT2D eigenvalue weighted by molar-refractivity contribution is 6.63. The molecule has 0 aliphatic heterocycles. The van der Waals surface area contributed by atoms with Gasteiger partial charge in [0.2, 0.25) is 11.8 Å². The molecule has 0 atom stereocenters. The first kappa shape index (κ1) is 12.8. The van der Waals surface area contributed by atoms with Crippen LogP contribution in [0.4, 0.5) is 0 Å². The fourth-order valence-corrected chi connectivity index (χ4v) is 1.21. The number of methoxy groups -OCH3 is 2. The SMILES string of the molecule is COc1nc(OC)c(B(O)O)cc1B(O)O. The highest BCUT2D eigenvalue weighted by Gasteiger charge is 2.26. The van der Waals surface area contributed by atoms with Crippen molar-refractivity contribution < 1.29 is 29.6 Å². The van der Waals surface area contributed by atoms with E-state index in [1.165, 1.54) is 14.2 Å². The van der Waals surface area contributed by atoms with Crippen LogP contribution in [0.25, 0.3) is 0 Å². The second-order valence-corrected chi connectivity index (χ2v) is 2.93. The van der Waals surface area contributed by atoms with Crippen LogP contribution in [0.3, 0.4) is 0 Å². The van der Waals surface area contributed by atoms with Crippen LogP contribution in [-0.4, -0.2) is 53.5 Å². The lowest BCUT2D eigenvalue weighted by Gasteiger charge is -2.12. The zero-order chi connectivity index (χ0) is 12.3. The summed E-state index contributed by atoms with van der Waals surface area (Å²) in [6.45, 7) is 0. The number of pyridine rings is 1. The maximum absolute atomic E-state index is 9.04. The minimum absolute atomic E-state index is 0.0590. The van der Waals surface area contributed by atoms with Gasteiger partial charge in [-0.05, 0) is 0 Å². The molecule has 86 valence electrons. The van der Waals surface area contributed by atoms with Gasteiger partial charge in [0.15, 0.2) is 0 Å². The molecule has 0 amide bonds. The number of aromatic nitrogens is 1. The molecule has 4 N–H and O–H groups in total. The van der Waals surface area contributed by atoms with Crippen molar-refractivity contribution in [2.45, 2.75) is 0 Å². The zero-order valence-electron chi connectivity index (χ0n) is 8.78. The summed E-state index contributed by atoms with van der Waals surface area (Å²) in [5, 5.41) is 36.1. The van der Waals surface area contributed by atoms with Gasteiger partial charge in [0.05, 0.1) is 14.2 Å². The molecule has 0 aliphatic rings. The fraction of sp³-hybridized carbons (Fsp3) is 0.286. The van der Waals surface area contributed by atoms with Gasteiger partial charge in [-0.25, -0.2) is 0 Å². The summed E-state index contributed by atoms with van der Waals surface area (Å²) in [4.78, 5) is 3.77. The molecule has 0 unspecified atom stereocenters. The first-order valence-corrected chi connectivity index (χ1v) is 4.36. The number of hydrogen-bond donors (Lipinski definition) is 4. The number of hydrogen-bond acceptors (Lipinski definition) is 7. The number of nitrogens with zero attached hydrogens (tertiary/aromatic N) is 1. The highest BCUT2D eigenvalue weighted by Crippen LogP contribution is 2.09. The Morgan fingerprint density at radius 2 is 1.31 bits per heavy atom. The average molecular weight is 227 g/mol. The first-order valence-electron chi connectivity index (χ1n) is 4.36. The van der Waals surface area contributed by atoms with E-state index in [4.69, 9.17) is 29.6 Å². The molecule has 0 aliphatic carbocycles. The van der Waals surface area contributed by atoms with Crippen molar-refractivity contribution in [2.75, 3.05) is 14.2 Å². The van der Waals surface area contributed by atoms with Gasteiger partial charge < -0.3 is 29.6 Å². The molecule has 0 bridgehead atoms. The second kappa shape index (κ2) is 5.17. The second-order valence-electron chi connectivity index (χ2n) is 2.93. The van der Waals surface area contributed by atoms with E-state index >= 15 is 0 Å². The molecule has 0 radical (unpaired) electrons. The third-order valence-corrected chi connectivity index (χ3v) is 1.95. The van der Waals surface area contributed by atoms with Gasteiger partial charge in [-0.15, -0.1) is 0 Å². The molecule has 1 aromatic heterocycles. The lowest BCUT2D eigenvalue weighted by atomic mass is 9.74. The number of ether oxygens (including phenoxy) is 2. The average Bonchev–Trinajstić information content (AvgIpc) is 2.26. The lowest BCUT2D eigenvalue weighted by molar-refractivity contribution is 0.362. The summed E-state index contributed by atoms with van der Waals surface area (Å²) in [5.74, 6) is -0.118. The molecule has 0 fully saturated rings. The van der Waals surface area contributed by atoms with E-state index in [1.54, 1.807) is 0 Å². The van der Waals surface area contributed by atoms with Crippen molar-refractivity contribution in [3.05, 3.63) is 6.07 Å². The Morgan fingerprint density at radius 1 is 0.938 bits per heavy atom. The van der Waals surface area contributed by atoms with E-state index in [9.17, 15) is 0 Å². The smallest absolute Gasteiger partial charge is 0.481 e. The largest absolute Gasteiger partial charge is 0.493 e. The van der Waals surface area contributed by atoms with Crippen LogP contribution in [0, 0.1) is 0 Å². The summed E-state index contributed by atoms with van der Waals surface area (Å²) in [7, 11) is -1.07. The molecule has 1 rings (SSSR count). The Kier molecular flexibility index (Phi) is 4.13. The van der Waals surface area contributed by atoms with Crippen LogP contribution in [0.1, 0.15) is 0 Å². The maximum Gasteiger partial charge on any atom is 0.493 e. The number of rotatable bonds is 4. The quantitative estimate of drug-likeness (QED) is 0.394. The van der Waals surface area contributed by atoms with Gasteiger partial charge in [-0.2, -0.15) is 4.98 Å². The molecule has 1 aromatic rings. The van der Waals surface area contributed by atoms with Crippen LogP contribution >= 0.6 is 0 Å². The van der Waals surface area contributed by atoms with E-state index in [2.05, 4.69) is 4.98 Å². The standard InChI is InChI=1S/C7H11B2NO6/c1-15-6-4(8(11)12)3-5(9(13)14)7(10-6)16-2/h3,11-14H,1-2H3.